The number of nitrogens with two attached hydrogens (primary N) is 1. The van der Waals surface area contributed by atoms with Crippen molar-refractivity contribution in [3.05, 3.63) is 47.8 Å². The summed E-state index contributed by atoms with van der Waals surface area (Å²) in [6.45, 7) is 8.67. The lowest BCUT2D eigenvalue weighted by Crippen LogP contribution is -2.41. The van der Waals surface area contributed by atoms with Gasteiger partial charge >= 0.3 is 0 Å². The van der Waals surface area contributed by atoms with Gasteiger partial charge in [-0.2, -0.15) is 0 Å². The molecule has 0 atom stereocenters. The van der Waals surface area contributed by atoms with Gasteiger partial charge in [-0.1, -0.05) is 26.8 Å². The molecule has 3 heterocycles. The highest BCUT2D eigenvalue weighted by molar-refractivity contribution is 6.10. The summed E-state index contributed by atoms with van der Waals surface area (Å²) in [5, 5.41) is 0. The normalized spacial score (nSPS) is 15.2. The topological polar surface area (TPSA) is 92.4 Å². The zero-order valence-electron chi connectivity index (χ0n) is 16.7. The van der Waals surface area contributed by atoms with Gasteiger partial charge in [-0.15, -0.1) is 0 Å². The van der Waals surface area contributed by atoms with Crippen LogP contribution in [-0.2, 0) is 4.79 Å². The van der Waals surface area contributed by atoms with Crippen LogP contribution in [0.5, 0.6) is 0 Å². The van der Waals surface area contributed by atoms with Crippen molar-refractivity contribution < 1.29 is 12.4 Å². The van der Waals surface area contributed by atoms with E-state index in [-0.39, 0.29) is 25.8 Å². The number of nitrogen functional groups attached to an aromatic ring is 1. The van der Waals surface area contributed by atoms with Gasteiger partial charge in [-0.3, -0.25) is 9.59 Å². The van der Waals surface area contributed by atoms with E-state index in [2.05, 4.69) is 14.9 Å². The second-order valence-corrected chi connectivity index (χ2v) is 8.03. The number of pyridine rings is 2. The van der Waals surface area contributed by atoms with Crippen LogP contribution in [0.25, 0.3) is 0 Å². The molecule has 1 amide bonds. The van der Waals surface area contributed by atoms with Gasteiger partial charge in [0.2, 0.25) is 11.7 Å². The van der Waals surface area contributed by atoms with Gasteiger partial charge < -0.3 is 15.5 Å². The number of carbonyl (C=O) groups is 2. The Balaban J connectivity index is 0.00000225. The van der Waals surface area contributed by atoms with Gasteiger partial charge in [0.05, 0.1) is 5.56 Å². The molecule has 7 nitrogen and oxygen atoms in total. The van der Waals surface area contributed by atoms with Crippen molar-refractivity contribution in [3.8, 4) is 0 Å². The first-order chi connectivity index (χ1) is 13.3. The number of nitrogens with zero attached hydrogens (tertiary/aromatic N) is 4. The average molecular weight is 386 g/mol. The number of carbonyl (C=O) groups excluding carboxylic acids is 2. The lowest BCUT2D eigenvalue weighted by atomic mass is 9.94. The minimum Gasteiger partial charge on any atom is -0.383 e. The zero-order chi connectivity index (χ0) is 20.3. The summed E-state index contributed by atoms with van der Waals surface area (Å²) in [7, 11) is 0. The Labute approximate surface area is 168 Å². The molecule has 0 aliphatic carbocycles. The van der Waals surface area contributed by atoms with Gasteiger partial charge in [0.25, 0.3) is 0 Å². The van der Waals surface area contributed by atoms with Crippen molar-refractivity contribution in [1.82, 2.24) is 14.9 Å². The highest BCUT2D eigenvalue weighted by atomic mass is 16.2. The van der Waals surface area contributed by atoms with Crippen molar-refractivity contribution >= 4 is 23.3 Å². The summed E-state index contributed by atoms with van der Waals surface area (Å²) in [5.41, 5.74) is 6.13. The maximum absolute atomic E-state index is 12.8. The van der Waals surface area contributed by atoms with Crippen molar-refractivity contribution in [2.24, 2.45) is 5.41 Å². The number of anilines is 2. The summed E-state index contributed by atoms with van der Waals surface area (Å²) in [6, 6.07) is 8.74. The molecule has 0 spiro atoms. The van der Waals surface area contributed by atoms with Crippen molar-refractivity contribution in [2.75, 3.05) is 36.8 Å². The molecule has 28 heavy (non-hydrogen) atoms. The van der Waals surface area contributed by atoms with E-state index in [1.54, 1.807) is 24.4 Å². The molecule has 7 heteroatoms. The summed E-state index contributed by atoms with van der Waals surface area (Å²) in [4.78, 5) is 37.9. The molecule has 0 unspecified atom stereocenters. The van der Waals surface area contributed by atoms with E-state index in [0.717, 1.165) is 25.3 Å². The van der Waals surface area contributed by atoms with Crippen LogP contribution in [0.1, 0.15) is 46.1 Å². The molecule has 0 radical (unpaired) electrons. The van der Waals surface area contributed by atoms with E-state index in [1.165, 1.54) is 0 Å². The van der Waals surface area contributed by atoms with E-state index in [0.29, 0.717) is 24.3 Å². The Kier molecular flexibility index (Phi) is 5.63. The Bertz CT molecular complexity index is 886. The SMILES string of the molecule is CC(C)(C)C(=O)N1CCCN(c2cccc(C(=O)c3cccnc3N)n2)CC1.[HH].[HH]. The molecular formula is C21H31N5O2. The second-order valence-electron chi connectivity index (χ2n) is 8.03. The second kappa shape index (κ2) is 7.96. The molecule has 1 aliphatic rings. The van der Waals surface area contributed by atoms with Crippen LogP contribution >= 0.6 is 0 Å². The van der Waals surface area contributed by atoms with Crippen LogP contribution in [0.4, 0.5) is 11.6 Å². The number of aromatic nitrogens is 2. The standard InChI is InChI=1S/C21H27N5O2.2H2/c1-21(2,3)20(28)26-12-6-11-25(13-14-26)17-9-4-8-16(24-17)18(27)15-7-5-10-23-19(15)22;;/h4-5,7-10H,6,11-14H2,1-3H3,(H2,22,23);2*1H. The first-order valence-electron chi connectivity index (χ1n) is 9.54. The molecular weight excluding hydrogens is 354 g/mol. The third kappa shape index (κ3) is 4.30. The van der Waals surface area contributed by atoms with Crippen LogP contribution in [0.3, 0.4) is 0 Å². The summed E-state index contributed by atoms with van der Waals surface area (Å²) in [6.07, 6.45) is 2.41. The quantitative estimate of drug-likeness (QED) is 0.817. The maximum atomic E-state index is 12.8. The fraction of sp³-hybridized carbons (Fsp3) is 0.429. The third-order valence-electron chi connectivity index (χ3n) is 4.80. The Morgan fingerprint density at radius 2 is 1.86 bits per heavy atom. The molecule has 2 aromatic rings. The highest BCUT2D eigenvalue weighted by Gasteiger charge is 2.29. The lowest BCUT2D eigenvalue weighted by molar-refractivity contribution is -0.139. The smallest absolute Gasteiger partial charge is 0.228 e. The molecule has 1 fully saturated rings. The van der Waals surface area contributed by atoms with Gasteiger partial charge in [-0.25, -0.2) is 9.97 Å². The fourth-order valence-electron chi connectivity index (χ4n) is 3.30. The van der Waals surface area contributed by atoms with Crippen molar-refractivity contribution in [1.29, 1.82) is 0 Å². The number of ketones is 1. The van der Waals surface area contributed by atoms with Crippen molar-refractivity contribution in [2.45, 2.75) is 27.2 Å². The number of hydrogen-bond acceptors (Lipinski definition) is 6. The number of rotatable bonds is 3. The van der Waals surface area contributed by atoms with Crippen LogP contribution in [0.15, 0.2) is 36.5 Å². The lowest BCUT2D eigenvalue weighted by Gasteiger charge is -2.28. The highest BCUT2D eigenvalue weighted by Crippen LogP contribution is 2.21. The molecule has 0 saturated carbocycles. The molecule has 0 aromatic carbocycles. The summed E-state index contributed by atoms with van der Waals surface area (Å²) >= 11 is 0. The first-order valence-corrected chi connectivity index (χ1v) is 9.54. The predicted molar refractivity (Wildman–Crippen MR) is 113 cm³/mol. The molecule has 0 bridgehead atoms. The number of hydrogen-bond donors (Lipinski definition) is 1. The molecule has 2 aromatic heterocycles. The van der Waals surface area contributed by atoms with Crippen LogP contribution in [0, 0.1) is 5.41 Å². The Morgan fingerprint density at radius 1 is 1.07 bits per heavy atom. The number of amides is 1. The van der Waals surface area contributed by atoms with Gasteiger partial charge in [0.15, 0.2) is 0 Å². The van der Waals surface area contributed by atoms with Gasteiger partial charge in [0, 0.05) is 40.6 Å². The van der Waals surface area contributed by atoms with E-state index in [9.17, 15) is 9.59 Å². The Hall–Kier alpha value is -2.96. The molecule has 1 aliphatic heterocycles. The van der Waals surface area contributed by atoms with E-state index < -0.39 is 0 Å². The molecule has 1 saturated heterocycles. The third-order valence-corrected chi connectivity index (χ3v) is 4.80. The van der Waals surface area contributed by atoms with E-state index in [4.69, 9.17) is 5.73 Å². The zero-order valence-corrected chi connectivity index (χ0v) is 16.7. The molecule has 3 rings (SSSR count). The van der Waals surface area contributed by atoms with Crippen LogP contribution < -0.4 is 10.6 Å². The predicted octanol–water partition coefficient (Wildman–Crippen LogP) is 2.87. The monoisotopic (exact) mass is 385 g/mol. The maximum Gasteiger partial charge on any atom is 0.228 e. The molecule has 152 valence electrons. The minimum atomic E-state index is -0.386. The van der Waals surface area contributed by atoms with Crippen LogP contribution in [-0.4, -0.2) is 52.7 Å². The van der Waals surface area contributed by atoms with E-state index >= 15 is 0 Å². The summed E-state index contributed by atoms with van der Waals surface area (Å²) < 4.78 is 0. The van der Waals surface area contributed by atoms with Gasteiger partial charge in [0.1, 0.15) is 17.3 Å². The first kappa shape index (κ1) is 19.8. The largest absolute Gasteiger partial charge is 0.383 e. The van der Waals surface area contributed by atoms with E-state index in [1.807, 2.05) is 37.8 Å². The fourth-order valence-corrected chi connectivity index (χ4v) is 3.30. The molecule has 2 N–H and O–H groups in total. The summed E-state index contributed by atoms with van der Waals surface area (Å²) in [5.74, 6) is 0.856. The minimum absolute atomic E-state index is 0. The van der Waals surface area contributed by atoms with Gasteiger partial charge in [-0.05, 0) is 30.7 Å². The average Bonchev–Trinajstić information content (AvgIpc) is 2.93. The van der Waals surface area contributed by atoms with Crippen LogP contribution in [0.2, 0.25) is 0 Å². The van der Waals surface area contributed by atoms with Crippen molar-refractivity contribution in [3.63, 3.8) is 0 Å². The Morgan fingerprint density at radius 3 is 2.57 bits per heavy atom.